The zero-order chi connectivity index (χ0) is 16.9. The van der Waals surface area contributed by atoms with Gasteiger partial charge in [-0.25, -0.2) is 0 Å². The van der Waals surface area contributed by atoms with Crippen LogP contribution in [0, 0.1) is 0 Å². The van der Waals surface area contributed by atoms with Gasteiger partial charge >= 0.3 is 0 Å². The summed E-state index contributed by atoms with van der Waals surface area (Å²) < 4.78 is 0. The Labute approximate surface area is 143 Å². The molecule has 1 N–H and O–H groups in total. The first-order valence-electron chi connectivity index (χ1n) is 8.81. The molecule has 0 aliphatic carbocycles. The standard InChI is InChI=1S/C21H25NO2/c1-2-20(18-6-4-3-5-7-18)21(24)22-14-12-17(13-15-22)16-8-10-19(23)11-9-16/h3-11,17,20,23H,2,12-15H2,1H3. The molecule has 1 saturated heterocycles. The van der Waals surface area contributed by atoms with Crippen molar-refractivity contribution in [2.75, 3.05) is 13.1 Å². The van der Waals surface area contributed by atoms with Crippen LogP contribution in [-0.4, -0.2) is 29.0 Å². The molecule has 3 heteroatoms. The molecule has 0 bridgehead atoms. The van der Waals surface area contributed by atoms with Crippen LogP contribution in [0.15, 0.2) is 54.6 Å². The number of phenolic OH excluding ortho intramolecular Hbond substituents is 1. The van der Waals surface area contributed by atoms with E-state index in [0.29, 0.717) is 11.7 Å². The lowest BCUT2D eigenvalue weighted by atomic mass is 9.88. The van der Waals surface area contributed by atoms with Crippen LogP contribution < -0.4 is 0 Å². The third-order valence-electron chi connectivity index (χ3n) is 5.08. The summed E-state index contributed by atoms with van der Waals surface area (Å²) in [5.74, 6) is 1.01. The number of aromatic hydroxyl groups is 1. The van der Waals surface area contributed by atoms with Gasteiger partial charge in [-0.15, -0.1) is 0 Å². The van der Waals surface area contributed by atoms with Crippen molar-refractivity contribution in [2.45, 2.75) is 38.0 Å². The smallest absolute Gasteiger partial charge is 0.230 e. The van der Waals surface area contributed by atoms with E-state index in [-0.39, 0.29) is 11.8 Å². The maximum Gasteiger partial charge on any atom is 0.230 e. The Bertz CT molecular complexity index is 658. The molecule has 1 fully saturated rings. The van der Waals surface area contributed by atoms with E-state index in [0.717, 1.165) is 37.9 Å². The maximum absolute atomic E-state index is 12.9. The molecule has 1 heterocycles. The van der Waals surface area contributed by atoms with Crippen LogP contribution in [0.1, 0.15) is 49.1 Å². The fourth-order valence-corrected chi connectivity index (χ4v) is 3.64. The van der Waals surface area contributed by atoms with Gasteiger partial charge in [0.15, 0.2) is 0 Å². The minimum Gasteiger partial charge on any atom is -0.508 e. The summed E-state index contributed by atoms with van der Waals surface area (Å²) in [4.78, 5) is 14.9. The van der Waals surface area contributed by atoms with E-state index in [9.17, 15) is 9.90 Å². The Hall–Kier alpha value is -2.29. The highest BCUT2D eigenvalue weighted by molar-refractivity contribution is 5.83. The Kier molecular flexibility index (Phi) is 5.19. The van der Waals surface area contributed by atoms with Gasteiger partial charge in [-0.2, -0.15) is 0 Å². The second-order valence-electron chi connectivity index (χ2n) is 6.56. The molecule has 1 aliphatic rings. The number of phenols is 1. The molecule has 0 aromatic heterocycles. The Morgan fingerprint density at radius 3 is 2.29 bits per heavy atom. The summed E-state index contributed by atoms with van der Waals surface area (Å²) in [5.41, 5.74) is 2.38. The summed E-state index contributed by atoms with van der Waals surface area (Å²) in [6, 6.07) is 17.6. The molecule has 0 radical (unpaired) electrons. The molecule has 24 heavy (non-hydrogen) atoms. The summed E-state index contributed by atoms with van der Waals surface area (Å²) in [7, 11) is 0. The zero-order valence-corrected chi connectivity index (χ0v) is 14.2. The van der Waals surface area contributed by atoms with Crippen molar-refractivity contribution in [3.05, 3.63) is 65.7 Å². The number of nitrogens with zero attached hydrogens (tertiary/aromatic N) is 1. The highest BCUT2D eigenvalue weighted by atomic mass is 16.3. The van der Waals surface area contributed by atoms with Crippen LogP contribution in [0.25, 0.3) is 0 Å². The molecule has 0 saturated carbocycles. The van der Waals surface area contributed by atoms with Crippen molar-refractivity contribution in [3.63, 3.8) is 0 Å². The van der Waals surface area contributed by atoms with Crippen molar-refractivity contribution in [1.82, 2.24) is 4.90 Å². The first-order valence-corrected chi connectivity index (χ1v) is 8.81. The lowest BCUT2D eigenvalue weighted by Gasteiger charge is -2.34. The van der Waals surface area contributed by atoms with Gasteiger partial charge in [-0.1, -0.05) is 49.4 Å². The van der Waals surface area contributed by atoms with E-state index in [1.54, 1.807) is 12.1 Å². The van der Waals surface area contributed by atoms with E-state index in [4.69, 9.17) is 0 Å². The second-order valence-corrected chi connectivity index (χ2v) is 6.56. The quantitative estimate of drug-likeness (QED) is 0.911. The molecular formula is C21H25NO2. The SMILES string of the molecule is CCC(C(=O)N1CCC(c2ccc(O)cc2)CC1)c1ccccc1. The third kappa shape index (κ3) is 3.61. The second kappa shape index (κ2) is 7.52. The molecule has 2 aromatic rings. The molecule has 1 aliphatic heterocycles. The average Bonchev–Trinajstić information content (AvgIpc) is 2.64. The number of rotatable bonds is 4. The number of likely N-dealkylation sites (tertiary alicyclic amines) is 1. The molecule has 1 atom stereocenters. The number of benzene rings is 2. The summed E-state index contributed by atoms with van der Waals surface area (Å²) in [6.45, 7) is 3.71. The lowest BCUT2D eigenvalue weighted by Crippen LogP contribution is -2.40. The van der Waals surface area contributed by atoms with Gasteiger partial charge in [-0.3, -0.25) is 4.79 Å². The third-order valence-corrected chi connectivity index (χ3v) is 5.08. The highest BCUT2D eigenvalue weighted by Crippen LogP contribution is 2.31. The molecule has 1 amide bonds. The van der Waals surface area contributed by atoms with Gasteiger partial charge in [0.25, 0.3) is 0 Å². The fraction of sp³-hybridized carbons (Fsp3) is 0.381. The molecule has 3 rings (SSSR count). The largest absolute Gasteiger partial charge is 0.508 e. The van der Waals surface area contributed by atoms with Gasteiger partial charge in [0.2, 0.25) is 5.91 Å². The highest BCUT2D eigenvalue weighted by Gasteiger charge is 2.28. The average molecular weight is 323 g/mol. The van der Waals surface area contributed by atoms with Crippen molar-refractivity contribution >= 4 is 5.91 Å². The minimum atomic E-state index is -0.0311. The first-order chi connectivity index (χ1) is 11.7. The number of hydrogen-bond donors (Lipinski definition) is 1. The van der Waals surface area contributed by atoms with Gasteiger partial charge in [0.05, 0.1) is 5.92 Å². The van der Waals surface area contributed by atoms with Crippen LogP contribution in [0.3, 0.4) is 0 Å². The Balaban J connectivity index is 1.63. The zero-order valence-electron chi connectivity index (χ0n) is 14.2. The van der Waals surface area contributed by atoms with Gasteiger partial charge in [0.1, 0.15) is 5.75 Å². The van der Waals surface area contributed by atoms with Crippen molar-refractivity contribution in [1.29, 1.82) is 0 Å². The predicted octanol–water partition coefficient (Wildman–Crippen LogP) is 4.29. The molecular weight excluding hydrogens is 298 g/mol. The van der Waals surface area contributed by atoms with Crippen LogP contribution in [0.5, 0.6) is 5.75 Å². The summed E-state index contributed by atoms with van der Waals surface area (Å²) in [6.07, 6.45) is 2.81. The minimum absolute atomic E-state index is 0.0311. The number of carbonyl (C=O) groups is 1. The Morgan fingerprint density at radius 2 is 1.71 bits per heavy atom. The van der Waals surface area contributed by atoms with E-state index >= 15 is 0 Å². The van der Waals surface area contributed by atoms with Crippen molar-refractivity contribution in [3.8, 4) is 5.75 Å². The normalized spacial score (nSPS) is 16.8. The maximum atomic E-state index is 12.9. The van der Waals surface area contributed by atoms with Gasteiger partial charge in [0, 0.05) is 13.1 Å². The van der Waals surface area contributed by atoms with E-state index in [1.807, 2.05) is 35.2 Å². The van der Waals surface area contributed by atoms with E-state index < -0.39 is 0 Å². The molecule has 3 nitrogen and oxygen atoms in total. The van der Waals surface area contributed by atoms with Crippen LogP contribution in [0.2, 0.25) is 0 Å². The van der Waals surface area contributed by atoms with Crippen molar-refractivity contribution < 1.29 is 9.90 Å². The summed E-state index contributed by atoms with van der Waals surface area (Å²) >= 11 is 0. The molecule has 2 aromatic carbocycles. The van der Waals surface area contributed by atoms with Crippen LogP contribution in [0.4, 0.5) is 0 Å². The topological polar surface area (TPSA) is 40.5 Å². The monoisotopic (exact) mass is 323 g/mol. The predicted molar refractivity (Wildman–Crippen MR) is 96.1 cm³/mol. The van der Waals surface area contributed by atoms with Crippen LogP contribution in [-0.2, 0) is 4.79 Å². The number of carbonyl (C=O) groups excluding carboxylic acids is 1. The van der Waals surface area contributed by atoms with Crippen molar-refractivity contribution in [2.24, 2.45) is 0 Å². The number of amides is 1. The van der Waals surface area contributed by atoms with E-state index in [1.165, 1.54) is 5.56 Å². The van der Waals surface area contributed by atoms with Gasteiger partial charge in [-0.05, 0) is 48.4 Å². The van der Waals surface area contributed by atoms with E-state index in [2.05, 4.69) is 19.1 Å². The summed E-state index contributed by atoms with van der Waals surface area (Å²) in [5, 5.41) is 9.41. The van der Waals surface area contributed by atoms with Crippen LogP contribution >= 0.6 is 0 Å². The molecule has 126 valence electrons. The number of piperidine rings is 1. The first kappa shape index (κ1) is 16.6. The fourth-order valence-electron chi connectivity index (χ4n) is 3.64. The number of hydrogen-bond acceptors (Lipinski definition) is 2. The van der Waals surface area contributed by atoms with Gasteiger partial charge < -0.3 is 10.0 Å². The Morgan fingerprint density at radius 1 is 1.08 bits per heavy atom. The lowest BCUT2D eigenvalue weighted by molar-refractivity contribution is -0.134. The molecule has 0 spiro atoms. The molecule has 1 unspecified atom stereocenters.